The number of carbonyl (C=O) groups is 1. The van der Waals surface area contributed by atoms with E-state index >= 15 is 0 Å². The summed E-state index contributed by atoms with van der Waals surface area (Å²) in [6, 6.07) is 16.8. The van der Waals surface area contributed by atoms with Gasteiger partial charge in [0.05, 0.1) is 0 Å². The maximum Gasteiger partial charge on any atom is 0.296 e. The van der Waals surface area contributed by atoms with Gasteiger partial charge in [0.25, 0.3) is 10.9 Å². The maximum absolute atomic E-state index is 14.6. The van der Waals surface area contributed by atoms with Crippen LogP contribution in [0.25, 0.3) is 11.1 Å². The third-order valence-corrected chi connectivity index (χ3v) is 5.39. The number of aryl methyl sites for hydroxylation is 1. The van der Waals surface area contributed by atoms with Gasteiger partial charge in [-0.3, -0.25) is 10.0 Å². The summed E-state index contributed by atoms with van der Waals surface area (Å²) < 4.78 is 37.7. The van der Waals surface area contributed by atoms with Gasteiger partial charge >= 0.3 is 0 Å². The lowest BCUT2D eigenvalue weighted by Gasteiger charge is -2.20. The Hall–Kier alpha value is -2.25. The molecule has 0 spiro atoms. The molecule has 0 unspecified atom stereocenters. The Bertz CT molecular complexity index is 806. The van der Waals surface area contributed by atoms with E-state index in [-0.39, 0.29) is 6.42 Å². The first kappa shape index (κ1) is 18.1. The second-order valence-electron chi connectivity index (χ2n) is 5.50. The summed E-state index contributed by atoms with van der Waals surface area (Å²) in [6.45, 7) is 0. The number of nitrogens with one attached hydrogen (secondary N) is 1. The number of sulfone groups is 1. The minimum atomic E-state index is -4.34. The fourth-order valence-electron chi connectivity index (χ4n) is 2.35. The Morgan fingerprint density at radius 3 is 2.12 bits per heavy atom. The highest BCUT2D eigenvalue weighted by Crippen LogP contribution is 2.27. The molecule has 0 saturated carbocycles. The number of amides is 1. The van der Waals surface area contributed by atoms with E-state index in [1.165, 1.54) is 0 Å². The van der Waals surface area contributed by atoms with Crippen LogP contribution in [0.3, 0.4) is 0 Å². The summed E-state index contributed by atoms with van der Waals surface area (Å²) in [5.74, 6) is -1.58. The van der Waals surface area contributed by atoms with Gasteiger partial charge < -0.3 is 0 Å². The van der Waals surface area contributed by atoms with Crippen molar-refractivity contribution < 1.29 is 22.8 Å². The molecule has 2 N–H and O–H groups in total. The van der Waals surface area contributed by atoms with Crippen LogP contribution in [0.1, 0.15) is 12.0 Å². The predicted octanol–water partition coefficient (Wildman–Crippen LogP) is 2.50. The fraction of sp³-hybridized carbons (Fsp3) is 0.235. The van der Waals surface area contributed by atoms with E-state index in [1.54, 1.807) is 12.1 Å². The van der Waals surface area contributed by atoms with Crippen LogP contribution < -0.4 is 5.48 Å². The zero-order valence-electron chi connectivity index (χ0n) is 13.1. The molecule has 128 valence electrons. The Labute approximate surface area is 140 Å². The summed E-state index contributed by atoms with van der Waals surface area (Å²) in [4.78, 5) is 11.4. The first-order chi connectivity index (χ1) is 11.3. The molecule has 24 heavy (non-hydrogen) atoms. The molecule has 0 aliphatic carbocycles. The monoisotopic (exact) mass is 351 g/mol. The number of benzene rings is 2. The van der Waals surface area contributed by atoms with Crippen LogP contribution in [0.2, 0.25) is 0 Å². The number of hydrogen-bond acceptors (Lipinski definition) is 4. The molecule has 0 fully saturated rings. The Morgan fingerprint density at radius 2 is 1.62 bits per heavy atom. The molecule has 0 bridgehead atoms. The Kier molecular flexibility index (Phi) is 5.36. The molecule has 2 aromatic rings. The maximum atomic E-state index is 14.6. The third kappa shape index (κ3) is 3.80. The van der Waals surface area contributed by atoms with Crippen molar-refractivity contribution in [1.82, 2.24) is 5.48 Å². The van der Waals surface area contributed by atoms with Crippen molar-refractivity contribution in [1.29, 1.82) is 0 Å². The molecule has 0 aromatic heterocycles. The lowest BCUT2D eigenvalue weighted by molar-refractivity contribution is -0.136. The average Bonchev–Trinajstić information content (AvgIpc) is 2.59. The summed E-state index contributed by atoms with van der Waals surface area (Å²) in [7, 11) is -4.34. The number of carbonyl (C=O) groups excluding carboxylic acids is 1. The molecule has 0 heterocycles. The molecule has 2 rings (SSSR count). The van der Waals surface area contributed by atoms with E-state index in [1.807, 2.05) is 42.5 Å². The van der Waals surface area contributed by atoms with E-state index < -0.39 is 27.2 Å². The van der Waals surface area contributed by atoms with Gasteiger partial charge in [0.1, 0.15) is 0 Å². The quantitative estimate of drug-likeness (QED) is 0.619. The van der Waals surface area contributed by atoms with Crippen LogP contribution in [-0.2, 0) is 21.1 Å². The second-order valence-corrected chi connectivity index (χ2v) is 7.70. The van der Waals surface area contributed by atoms with E-state index in [0.717, 1.165) is 16.6 Å². The van der Waals surface area contributed by atoms with Gasteiger partial charge in [-0.1, -0.05) is 54.6 Å². The van der Waals surface area contributed by atoms with Crippen LogP contribution in [-0.4, -0.2) is 30.8 Å². The number of hydrogen-bond donors (Lipinski definition) is 2. The van der Waals surface area contributed by atoms with Crippen LogP contribution in [0.15, 0.2) is 54.6 Å². The minimum absolute atomic E-state index is 0.0338. The van der Waals surface area contributed by atoms with Gasteiger partial charge in [0, 0.05) is 12.7 Å². The Balaban J connectivity index is 2.15. The van der Waals surface area contributed by atoms with Crippen molar-refractivity contribution in [2.75, 3.05) is 6.26 Å². The van der Waals surface area contributed by atoms with Gasteiger partial charge in [0.15, 0.2) is 9.84 Å². The first-order valence-electron chi connectivity index (χ1n) is 7.25. The molecule has 0 saturated heterocycles. The molecule has 0 radical (unpaired) electrons. The normalized spacial score (nSPS) is 14.0. The van der Waals surface area contributed by atoms with E-state index in [4.69, 9.17) is 5.21 Å². The highest BCUT2D eigenvalue weighted by molar-refractivity contribution is 7.92. The second kappa shape index (κ2) is 7.11. The zero-order valence-corrected chi connectivity index (χ0v) is 13.9. The standard InChI is InChI=1S/C17H18FNO4S/c1-24(22,23)17(18,16(20)19-21)12-11-13-7-9-15(10-8-13)14-5-3-2-4-6-14/h2-10,21H,11-12H2,1H3,(H,19,20)/t17-/m1/s1. The van der Waals surface area contributed by atoms with Gasteiger partial charge in [0.2, 0.25) is 0 Å². The molecule has 7 heteroatoms. The average molecular weight is 351 g/mol. The SMILES string of the molecule is CS(=O)(=O)[C@](F)(CCc1ccc(-c2ccccc2)cc1)C(=O)NO. The molecule has 5 nitrogen and oxygen atoms in total. The molecule has 1 atom stereocenters. The van der Waals surface area contributed by atoms with Crippen molar-refractivity contribution in [3.8, 4) is 11.1 Å². The lowest BCUT2D eigenvalue weighted by atomic mass is 10.0. The summed E-state index contributed by atoms with van der Waals surface area (Å²) in [6.07, 6.45) is 0.0791. The molecule has 0 aliphatic rings. The van der Waals surface area contributed by atoms with Gasteiger partial charge in [-0.15, -0.1) is 0 Å². The third-order valence-electron chi connectivity index (χ3n) is 3.82. The van der Waals surface area contributed by atoms with Crippen LogP contribution >= 0.6 is 0 Å². The fourth-order valence-corrected chi connectivity index (χ4v) is 3.21. The largest absolute Gasteiger partial charge is 0.296 e. The molecule has 1 amide bonds. The zero-order chi connectivity index (χ0) is 17.8. The van der Waals surface area contributed by atoms with E-state index in [9.17, 15) is 17.6 Å². The lowest BCUT2D eigenvalue weighted by Crippen LogP contribution is -2.48. The highest BCUT2D eigenvalue weighted by Gasteiger charge is 2.48. The van der Waals surface area contributed by atoms with Crippen molar-refractivity contribution in [2.24, 2.45) is 0 Å². The molecular formula is C17H18FNO4S. The number of alkyl halides is 1. The number of hydroxylamine groups is 1. The van der Waals surface area contributed by atoms with E-state index in [0.29, 0.717) is 11.8 Å². The predicted molar refractivity (Wildman–Crippen MR) is 88.8 cm³/mol. The van der Waals surface area contributed by atoms with Crippen molar-refractivity contribution in [3.05, 3.63) is 60.2 Å². The number of halogens is 1. The minimum Gasteiger partial charge on any atom is -0.289 e. The highest BCUT2D eigenvalue weighted by atomic mass is 32.2. The summed E-state index contributed by atoms with van der Waals surface area (Å²) in [5.41, 5.74) is 3.77. The van der Waals surface area contributed by atoms with Crippen LogP contribution in [0.4, 0.5) is 4.39 Å². The van der Waals surface area contributed by atoms with Crippen LogP contribution in [0.5, 0.6) is 0 Å². The molecule has 0 aliphatic heterocycles. The summed E-state index contributed by atoms with van der Waals surface area (Å²) in [5, 5.41) is 5.42. The smallest absolute Gasteiger partial charge is 0.289 e. The molecular weight excluding hydrogens is 333 g/mol. The first-order valence-corrected chi connectivity index (χ1v) is 9.14. The van der Waals surface area contributed by atoms with Gasteiger partial charge in [-0.2, -0.15) is 0 Å². The summed E-state index contributed by atoms with van der Waals surface area (Å²) >= 11 is 0. The van der Waals surface area contributed by atoms with Crippen molar-refractivity contribution >= 4 is 15.7 Å². The topological polar surface area (TPSA) is 83.5 Å². The number of rotatable bonds is 6. The van der Waals surface area contributed by atoms with Gasteiger partial charge in [-0.25, -0.2) is 18.3 Å². The Morgan fingerprint density at radius 1 is 1.08 bits per heavy atom. The molecule has 2 aromatic carbocycles. The van der Waals surface area contributed by atoms with Crippen molar-refractivity contribution in [2.45, 2.75) is 17.8 Å². The van der Waals surface area contributed by atoms with E-state index in [2.05, 4.69) is 0 Å². The van der Waals surface area contributed by atoms with Crippen LogP contribution in [0, 0.1) is 0 Å². The van der Waals surface area contributed by atoms with Gasteiger partial charge in [-0.05, 0) is 23.1 Å². The van der Waals surface area contributed by atoms with Crippen molar-refractivity contribution in [3.63, 3.8) is 0 Å².